The minimum absolute atomic E-state index is 0.108. The summed E-state index contributed by atoms with van der Waals surface area (Å²) in [6.07, 6.45) is 0.108. The zero-order valence-electron chi connectivity index (χ0n) is 10.7. The highest BCUT2D eigenvalue weighted by molar-refractivity contribution is 5.64. The summed E-state index contributed by atoms with van der Waals surface area (Å²) in [5, 5.41) is 8.63. The highest BCUT2D eigenvalue weighted by Gasteiger charge is 2.13. The molecule has 2 aromatic rings. The van der Waals surface area contributed by atoms with Crippen LogP contribution in [0.1, 0.15) is 5.56 Å². The molecular formula is C15H12N2O3. The molecule has 0 saturated carbocycles. The molecule has 1 aromatic heterocycles. The van der Waals surface area contributed by atoms with E-state index in [-0.39, 0.29) is 12.0 Å². The molecule has 100 valence electrons. The molecule has 0 atom stereocenters. The van der Waals surface area contributed by atoms with Gasteiger partial charge in [-0.25, -0.2) is 0 Å². The number of nitrogens with one attached hydrogen (secondary N) is 1. The van der Waals surface area contributed by atoms with Gasteiger partial charge in [-0.2, -0.15) is 5.26 Å². The van der Waals surface area contributed by atoms with E-state index in [0.29, 0.717) is 36.0 Å². The van der Waals surface area contributed by atoms with Gasteiger partial charge in [0.25, 0.3) is 5.56 Å². The summed E-state index contributed by atoms with van der Waals surface area (Å²) in [5.74, 6) is 1.39. The van der Waals surface area contributed by atoms with E-state index in [9.17, 15) is 4.79 Å². The van der Waals surface area contributed by atoms with E-state index in [1.165, 1.54) is 0 Å². The van der Waals surface area contributed by atoms with Crippen LogP contribution in [-0.2, 0) is 6.42 Å². The number of ether oxygens (including phenoxy) is 2. The first-order valence-corrected chi connectivity index (χ1v) is 6.27. The van der Waals surface area contributed by atoms with Gasteiger partial charge in [0, 0.05) is 16.8 Å². The van der Waals surface area contributed by atoms with Crippen LogP contribution in [0.3, 0.4) is 0 Å². The first-order chi connectivity index (χ1) is 9.78. The summed E-state index contributed by atoms with van der Waals surface area (Å²) in [6, 6.07) is 11.0. The molecule has 0 amide bonds. The van der Waals surface area contributed by atoms with Gasteiger partial charge >= 0.3 is 0 Å². The topological polar surface area (TPSA) is 75.1 Å². The van der Waals surface area contributed by atoms with Gasteiger partial charge < -0.3 is 14.5 Å². The largest absolute Gasteiger partial charge is 0.486 e. The van der Waals surface area contributed by atoms with Crippen molar-refractivity contribution in [2.24, 2.45) is 0 Å². The lowest BCUT2D eigenvalue weighted by Gasteiger charge is -2.18. The van der Waals surface area contributed by atoms with Gasteiger partial charge in [0.15, 0.2) is 11.5 Å². The Labute approximate surface area is 115 Å². The smallest absolute Gasteiger partial charge is 0.252 e. The van der Waals surface area contributed by atoms with Crippen LogP contribution in [0.2, 0.25) is 0 Å². The molecule has 5 nitrogen and oxygen atoms in total. The van der Waals surface area contributed by atoms with Crippen LogP contribution >= 0.6 is 0 Å². The monoisotopic (exact) mass is 268 g/mol. The van der Waals surface area contributed by atoms with Gasteiger partial charge in [0.1, 0.15) is 13.2 Å². The second-order valence-electron chi connectivity index (χ2n) is 4.42. The Bertz CT molecular complexity index is 744. The number of benzene rings is 1. The van der Waals surface area contributed by atoms with E-state index in [1.54, 1.807) is 12.1 Å². The number of H-pyrrole nitrogens is 1. The van der Waals surface area contributed by atoms with Crippen molar-refractivity contribution in [2.75, 3.05) is 13.2 Å². The molecule has 0 spiro atoms. The molecule has 1 N–H and O–H groups in total. The molecule has 0 radical (unpaired) electrons. The quantitative estimate of drug-likeness (QED) is 0.902. The zero-order chi connectivity index (χ0) is 13.9. The predicted molar refractivity (Wildman–Crippen MR) is 72.8 cm³/mol. The molecule has 0 aliphatic carbocycles. The Morgan fingerprint density at radius 1 is 1.15 bits per heavy atom. The lowest BCUT2D eigenvalue weighted by Crippen LogP contribution is -2.15. The van der Waals surface area contributed by atoms with Crippen molar-refractivity contribution in [2.45, 2.75) is 6.42 Å². The highest BCUT2D eigenvalue weighted by Crippen LogP contribution is 2.33. The fourth-order valence-corrected chi connectivity index (χ4v) is 2.11. The maximum Gasteiger partial charge on any atom is 0.252 e. The minimum Gasteiger partial charge on any atom is -0.486 e. The average Bonchev–Trinajstić information content (AvgIpc) is 2.49. The third kappa shape index (κ3) is 2.24. The first kappa shape index (κ1) is 12.3. The molecule has 20 heavy (non-hydrogen) atoms. The molecular weight excluding hydrogens is 256 g/mol. The van der Waals surface area contributed by atoms with E-state index in [0.717, 1.165) is 5.56 Å². The summed E-state index contributed by atoms with van der Waals surface area (Å²) in [6.45, 7) is 1.07. The number of pyridine rings is 1. The fraction of sp³-hybridized carbons (Fsp3) is 0.200. The molecule has 0 bridgehead atoms. The fourth-order valence-electron chi connectivity index (χ4n) is 2.11. The molecule has 1 aliphatic rings. The lowest BCUT2D eigenvalue weighted by atomic mass is 10.1. The third-order valence-electron chi connectivity index (χ3n) is 3.11. The van der Waals surface area contributed by atoms with Crippen molar-refractivity contribution in [3.63, 3.8) is 0 Å². The van der Waals surface area contributed by atoms with Crippen molar-refractivity contribution in [3.8, 4) is 28.8 Å². The summed E-state index contributed by atoms with van der Waals surface area (Å²) in [7, 11) is 0. The lowest BCUT2D eigenvalue weighted by molar-refractivity contribution is 0.171. The van der Waals surface area contributed by atoms with Crippen molar-refractivity contribution in [3.05, 3.63) is 46.2 Å². The maximum atomic E-state index is 11.8. The summed E-state index contributed by atoms with van der Waals surface area (Å²) < 4.78 is 11.0. The van der Waals surface area contributed by atoms with E-state index in [2.05, 4.69) is 4.98 Å². The Hall–Kier alpha value is -2.74. The molecule has 3 rings (SSSR count). The Kier molecular flexibility index (Phi) is 3.13. The number of fused-ring (bicyclic) bond motifs is 1. The van der Waals surface area contributed by atoms with E-state index >= 15 is 0 Å². The Morgan fingerprint density at radius 3 is 2.70 bits per heavy atom. The third-order valence-corrected chi connectivity index (χ3v) is 3.11. The molecule has 5 heteroatoms. The second kappa shape index (κ2) is 5.10. The van der Waals surface area contributed by atoms with E-state index < -0.39 is 0 Å². The highest BCUT2D eigenvalue weighted by atomic mass is 16.6. The SMILES string of the molecule is N#CCc1ccc(-c2ccc3c(c2)OCCO3)[nH]c1=O. The van der Waals surface area contributed by atoms with Crippen LogP contribution in [0.25, 0.3) is 11.3 Å². The van der Waals surface area contributed by atoms with Crippen molar-refractivity contribution < 1.29 is 9.47 Å². The zero-order valence-corrected chi connectivity index (χ0v) is 10.7. The van der Waals surface area contributed by atoms with Crippen LogP contribution < -0.4 is 15.0 Å². The summed E-state index contributed by atoms with van der Waals surface area (Å²) in [4.78, 5) is 14.6. The molecule has 0 fully saturated rings. The van der Waals surface area contributed by atoms with Gasteiger partial charge in [0.2, 0.25) is 0 Å². The number of hydrogen-bond donors (Lipinski definition) is 1. The molecule has 0 saturated heterocycles. The predicted octanol–water partition coefficient (Wildman–Crippen LogP) is 1.88. The molecule has 1 aromatic carbocycles. The normalized spacial score (nSPS) is 12.8. The molecule has 2 heterocycles. The number of aromatic nitrogens is 1. The number of nitrogens with zero attached hydrogens (tertiary/aromatic N) is 1. The van der Waals surface area contributed by atoms with Gasteiger partial charge in [-0.15, -0.1) is 0 Å². The Balaban J connectivity index is 1.99. The van der Waals surface area contributed by atoms with Crippen LogP contribution in [0.5, 0.6) is 11.5 Å². The number of hydrogen-bond acceptors (Lipinski definition) is 4. The van der Waals surface area contributed by atoms with Crippen molar-refractivity contribution in [1.29, 1.82) is 5.26 Å². The van der Waals surface area contributed by atoms with Crippen LogP contribution in [0.4, 0.5) is 0 Å². The number of rotatable bonds is 2. The molecule has 1 aliphatic heterocycles. The summed E-state index contributed by atoms with van der Waals surface area (Å²) in [5.41, 5.74) is 1.76. The first-order valence-electron chi connectivity index (χ1n) is 6.27. The van der Waals surface area contributed by atoms with Gasteiger partial charge in [0.05, 0.1) is 12.5 Å². The van der Waals surface area contributed by atoms with Gasteiger partial charge in [-0.3, -0.25) is 4.79 Å². The second-order valence-corrected chi connectivity index (χ2v) is 4.42. The van der Waals surface area contributed by atoms with E-state index in [1.807, 2.05) is 24.3 Å². The maximum absolute atomic E-state index is 11.8. The van der Waals surface area contributed by atoms with E-state index in [4.69, 9.17) is 14.7 Å². The van der Waals surface area contributed by atoms with Crippen LogP contribution in [0, 0.1) is 11.3 Å². The molecule has 0 unspecified atom stereocenters. The van der Waals surface area contributed by atoms with Gasteiger partial charge in [-0.1, -0.05) is 6.07 Å². The van der Waals surface area contributed by atoms with Crippen molar-refractivity contribution in [1.82, 2.24) is 4.98 Å². The number of nitriles is 1. The summed E-state index contributed by atoms with van der Waals surface area (Å²) >= 11 is 0. The number of aromatic amines is 1. The van der Waals surface area contributed by atoms with Gasteiger partial charge in [-0.05, 0) is 24.3 Å². The standard InChI is InChI=1S/C15H12N2O3/c16-6-5-10-1-3-12(17-15(10)18)11-2-4-13-14(9-11)20-8-7-19-13/h1-4,9H,5,7-8H2,(H,17,18). The van der Waals surface area contributed by atoms with Crippen LogP contribution in [0.15, 0.2) is 35.1 Å². The average molecular weight is 268 g/mol. The van der Waals surface area contributed by atoms with Crippen LogP contribution in [-0.4, -0.2) is 18.2 Å². The van der Waals surface area contributed by atoms with Crippen molar-refractivity contribution >= 4 is 0 Å². The minimum atomic E-state index is -0.237. The Morgan fingerprint density at radius 2 is 1.95 bits per heavy atom.